The van der Waals surface area contributed by atoms with Crippen LogP contribution < -0.4 is 0 Å². The Balaban J connectivity index is 2.12. The third-order valence-corrected chi connectivity index (χ3v) is 3.07. The fraction of sp³-hybridized carbons (Fsp3) is 0. The molecular weight excluding hydrogens is 292 g/mol. The Hall–Kier alpha value is -1.94. The van der Waals surface area contributed by atoms with Crippen LogP contribution in [0.3, 0.4) is 0 Å². The van der Waals surface area contributed by atoms with Crippen LogP contribution in [0.4, 0.5) is 0 Å². The molecule has 0 atom stereocenters. The molecule has 88 valence electrons. The van der Waals surface area contributed by atoms with Crippen LogP contribution in [0.2, 0.25) is 0 Å². The van der Waals surface area contributed by atoms with Gasteiger partial charge in [-0.25, -0.2) is 0 Å². The van der Waals surface area contributed by atoms with E-state index < -0.39 is 0 Å². The lowest BCUT2D eigenvalue weighted by molar-refractivity contribution is 0.568. The molecule has 18 heavy (non-hydrogen) atoms. The monoisotopic (exact) mass is 300 g/mol. The van der Waals surface area contributed by atoms with E-state index in [-0.39, 0.29) is 0 Å². The average molecular weight is 301 g/mol. The summed E-state index contributed by atoms with van der Waals surface area (Å²) in [6.07, 6.45) is 1.33. The van der Waals surface area contributed by atoms with Crippen LogP contribution in [0.15, 0.2) is 63.8 Å². The second-order valence-electron chi connectivity index (χ2n) is 3.84. The topological polar surface area (TPSA) is 38.9 Å². The summed E-state index contributed by atoms with van der Waals surface area (Å²) in [6.45, 7) is 0. The van der Waals surface area contributed by atoms with E-state index >= 15 is 0 Å². The van der Waals surface area contributed by atoms with Crippen LogP contribution in [-0.4, -0.2) is 10.2 Å². The molecule has 0 aliphatic carbocycles. The standard InChI is InChI=1S/C14H9BrN2O/c15-13-7-11(10-4-2-1-3-5-10)6-12(8-13)14-17-16-9-18-14/h1-9H. The Bertz CT molecular complexity index is 651. The molecule has 0 fully saturated rings. The Morgan fingerprint density at radius 1 is 0.889 bits per heavy atom. The lowest BCUT2D eigenvalue weighted by Crippen LogP contribution is -1.83. The van der Waals surface area contributed by atoms with Gasteiger partial charge in [0.25, 0.3) is 0 Å². The molecule has 4 heteroatoms. The van der Waals surface area contributed by atoms with Gasteiger partial charge in [0.15, 0.2) is 0 Å². The lowest BCUT2D eigenvalue weighted by Gasteiger charge is -2.04. The number of hydrogen-bond donors (Lipinski definition) is 0. The smallest absolute Gasteiger partial charge is 0.247 e. The first-order valence-corrected chi connectivity index (χ1v) is 6.25. The third-order valence-electron chi connectivity index (χ3n) is 2.61. The highest BCUT2D eigenvalue weighted by molar-refractivity contribution is 9.10. The van der Waals surface area contributed by atoms with Gasteiger partial charge >= 0.3 is 0 Å². The van der Waals surface area contributed by atoms with Crippen LogP contribution in [0.1, 0.15) is 0 Å². The van der Waals surface area contributed by atoms with Gasteiger partial charge in [-0.1, -0.05) is 46.3 Å². The molecule has 0 spiro atoms. The Morgan fingerprint density at radius 3 is 2.39 bits per heavy atom. The second kappa shape index (κ2) is 4.74. The van der Waals surface area contributed by atoms with Crippen molar-refractivity contribution in [1.29, 1.82) is 0 Å². The minimum atomic E-state index is 0.522. The quantitative estimate of drug-likeness (QED) is 0.713. The minimum Gasteiger partial charge on any atom is -0.423 e. The van der Waals surface area contributed by atoms with Crippen molar-refractivity contribution < 1.29 is 4.42 Å². The van der Waals surface area contributed by atoms with Gasteiger partial charge in [-0.2, -0.15) is 0 Å². The highest BCUT2D eigenvalue weighted by atomic mass is 79.9. The van der Waals surface area contributed by atoms with E-state index in [9.17, 15) is 0 Å². The number of hydrogen-bond acceptors (Lipinski definition) is 3. The molecule has 1 aromatic heterocycles. The zero-order valence-electron chi connectivity index (χ0n) is 9.38. The van der Waals surface area contributed by atoms with Crippen LogP contribution in [-0.2, 0) is 0 Å². The number of nitrogens with zero attached hydrogens (tertiary/aromatic N) is 2. The number of benzene rings is 2. The third kappa shape index (κ3) is 2.19. The van der Waals surface area contributed by atoms with E-state index in [1.165, 1.54) is 6.39 Å². The molecule has 3 rings (SSSR count). The summed E-state index contributed by atoms with van der Waals surface area (Å²) in [5, 5.41) is 7.62. The van der Waals surface area contributed by atoms with Crippen molar-refractivity contribution in [2.75, 3.05) is 0 Å². The van der Waals surface area contributed by atoms with Crippen LogP contribution in [0, 0.1) is 0 Å². The fourth-order valence-electron chi connectivity index (χ4n) is 1.81. The van der Waals surface area contributed by atoms with E-state index in [2.05, 4.69) is 44.3 Å². The zero-order chi connectivity index (χ0) is 12.4. The molecule has 0 amide bonds. The summed E-state index contributed by atoms with van der Waals surface area (Å²) in [7, 11) is 0. The van der Waals surface area contributed by atoms with E-state index in [0.29, 0.717) is 5.89 Å². The van der Waals surface area contributed by atoms with E-state index in [1.807, 2.05) is 30.3 Å². The molecule has 0 N–H and O–H groups in total. The number of rotatable bonds is 2. The Kier molecular flexibility index (Phi) is 2.94. The molecule has 0 saturated heterocycles. The molecule has 0 bridgehead atoms. The van der Waals surface area contributed by atoms with Crippen molar-refractivity contribution in [3.05, 3.63) is 59.4 Å². The summed E-state index contributed by atoms with van der Waals surface area (Å²) in [5.41, 5.74) is 3.17. The number of aromatic nitrogens is 2. The molecular formula is C14H9BrN2O. The average Bonchev–Trinajstić information content (AvgIpc) is 2.93. The largest absolute Gasteiger partial charge is 0.423 e. The minimum absolute atomic E-state index is 0.522. The van der Waals surface area contributed by atoms with Crippen molar-refractivity contribution in [3.63, 3.8) is 0 Å². The van der Waals surface area contributed by atoms with Gasteiger partial charge in [0, 0.05) is 10.0 Å². The predicted molar refractivity (Wildman–Crippen MR) is 72.9 cm³/mol. The first-order valence-electron chi connectivity index (χ1n) is 5.45. The van der Waals surface area contributed by atoms with Gasteiger partial charge in [0.05, 0.1) is 0 Å². The van der Waals surface area contributed by atoms with Crippen molar-refractivity contribution in [3.8, 4) is 22.6 Å². The molecule has 1 heterocycles. The predicted octanol–water partition coefficient (Wildman–Crippen LogP) is 4.17. The summed E-state index contributed by atoms with van der Waals surface area (Å²) in [5.74, 6) is 0.522. The normalized spacial score (nSPS) is 10.5. The molecule has 3 nitrogen and oxygen atoms in total. The van der Waals surface area contributed by atoms with Crippen molar-refractivity contribution >= 4 is 15.9 Å². The van der Waals surface area contributed by atoms with Gasteiger partial charge in [-0.15, -0.1) is 10.2 Å². The SMILES string of the molecule is Brc1cc(-c2ccccc2)cc(-c2nnco2)c1. The van der Waals surface area contributed by atoms with Crippen molar-refractivity contribution in [2.24, 2.45) is 0 Å². The van der Waals surface area contributed by atoms with Crippen LogP contribution in [0.25, 0.3) is 22.6 Å². The first kappa shape index (κ1) is 11.2. The maximum Gasteiger partial charge on any atom is 0.247 e. The summed E-state index contributed by atoms with van der Waals surface area (Å²) < 4.78 is 6.21. The maximum atomic E-state index is 5.22. The van der Waals surface area contributed by atoms with Crippen molar-refractivity contribution in [1.82, 2.24) is 10.2 Å². The molecule has 0 saturated carbocycles. The van der Waals surface area contributed by atoms with Gasteiger partial charge in [-0.3, -0.25) is 0 Å². The van der Waals surface area contributed by atoms with Crippen LogP contribution in [0.5, 0.6) is 0 Å². The summed E-state index contributed by atoms with van der Waals surface area (Å²) >= 11 is 3.51. The van der Waals surface area contributed by atoms with Gasteiger partial charge < -0.3 is 4.42 Å². The van der Waals surface area contributed by atoms with Gasteiger partial charge in [0.1, 0.15) is 0 Å². The molecule has 0 radical (unpaired) electrons. The van der Waals surface area contributed by atoms with E-state index in [1.54, 1.807) is 0 Å². The molecule has 2 aromatic carbocycles. The van der Waals surface area contributed by atoms with Gasteiger partial charge in [0.2, 0.25) is 12.3 Å². The highest BCUT2D eigenvalue weighted by Crippen LogP contribution is 2.29. The number of halogens is 1. The van der Waals surface area contributed by atoms with Crippen LogP contribution >= 0.6 is 15.9 Å². The lowest BCUT2D eigenvalue weighted by atomic mass is 10.0. The summed E-state index contributed by atoms with van der Waals surface area (Å²) in [6, 6.07) is 16.2. The van der Waals surface area contributed by atoms with Gasteiger partial charge in [-0.05, 0) is 29.3 Å². The van der Waals surface area contributed by atoms with E-state index in [4.69, 9.17) is 4.42 Å². The summed E-state index contributed by atoms with van der Waals surface area (Å²) in [4.78, 5) is 0. The second-order valence-corrected chi connectivity index (χ2v) is 4.75. The zero-order valence-corrected chi connectivity index (χ0v) is 11.0. The van der Waals surface area contributed by atoms with Crippen molar-refractivity contribution in [2.45, 2.75) is 0 Å². The highest BCUT2D eigenvalue weighted by Gasteiger charge is 2.07. The molecule has 0 aliphatic rings. The first-order chi connectivity index (χ1) is 8.83. The Labute approximate surface area is 113 Å². The van der Waals surface area contributed by atoms with E-state index in [0.717, 1.165) is 21.2 Å². The Morgan fingerprint density at radius 2 is 1.67 bits per heavy atom. The molecule has 0 aliphatic heterocycles. The molecule has 3 aromatic rings. The molecule has 0 unspecified atom stereocenters. The maximum absolute atomic E-state index is 5.22. The fourth-order valence-corrected chi connectivity index (χ4v) is 2.30.